The molecule has 0 aliphatic rings. The van der Waals surface area contributed by atoms with Gasteiger partial charge in [0.05, 0.1) is 32.1 Å². The summed E-state index contributed by atoms with van der Waals surface area (Å²) in [6, 6.07) is 17.5. The summed E-state index contributed by atoms with van der Waals surface area (Å²) in [6.07, 6.45) is 1.53. The lowest BCUT2D eigenvalue weighted by Crippen LogP contribution is -2.20. The van der Waals surface area contributed by atoms with Gasteiger partial charge in [0.2, 0.25) is 0 Å². The van der Waals surface area contributed by atoms with Crippen LogP contribution >= 0.6 is 34.8 Å². The van der Waals surface area contributed by atoms with E-state index in [1.165, 1.54) is 35.0 Å². The predicted octanol–water partition coefficient (Wildman–Crippen LogP) is 6.36. The second-order valence-corrected chi connectivity index (χ2v) is 9.61. The molecule has 0 N–H and O–H groups in total. The third-order valence-electron chi connectivity index (χ3n) is 5.26. The fourth-order valence-electron chi connectivity index (χ4n) is 3.64. The van der Waals surface area contributed by atoms with E-state index in [1.54, 1.807) is 24.3 Å². The second kappa shape index (κ2) is 11.9. The quantitative estimate of drug-likeness (QED) is 0.186. The summed E-state index contributed by atoms with van der Waals surface area (Å²) >= 11 is 19.1. The summed E-state index contributed by atoms with van der Waals surface area (Å²) in [5.74, 6) is -0.497. The van der Waals surface area contributed by atoms with Crippen LogP contribution in [0.5, 0.6) is 0 Å². The molecule has 6 nitrogen and oxygen atoms in total. The number of pyridine rings is 2. The van der Waals surface area contributed by atoms with E-state index in [2.05, 4.69) is 10.1 Å². The number of benzene rings is 2. The van der Waals surface area contributed by atoms with Crippen LogP contribution in [0.15, 0.2) is 82.9 Å². The average molecular weight is 560 g/mol. The molecule has 0 aliphatic heterocycles. The van der Waals surface area contributed by atoms with Crippen molar-refractivity contribution in [1.82, 2.24) is 14.5 Å². The molecular formula is C27H22Cl3FN4O2. The number of rotatable bonds is 8. The number of halogens is 4. The number of nitrogens with zero attached hydrogens (tertiary/aromatic N) is 4. The monoisotopic (exact) mass is 558 g/mol. The van der Waals surface area contributed by atoms with E-state index in [-0.39, 0.29) is 22.9 Å². The molecule has 4 rings (SSSR count). The van der Waals surface area contributed by atoms with Crippen LogP contribution in [0.25, 0.3) is 5.69 Å². The van der Waals surface area contributed by atoms with Crippen molar-refractivity contribution in [3.63, 3.8) is 0 Å². The molecule has 0 bridgehead atoms. The molecule has 2 aromatic heterocycles. The van der Waals surface area contributed by atoms with Crippen molar-refractivity contribution in [2.45, 2.75) is 13.2 Å². The lowest BCUT2D eigenvalue weighted by atomic mass is 10.0. The van der Waals surface area contributed by atoms with Gasteiger partial charge in [0.1, 0.15) is 11.5 Å². The maximum Gasteiger partial charge on any atom is 0.255 e. The fraction of sp³-hybridized carbons (Fsp3) is 0.148. The van der Waals surface area contributed by atoms with E-state index < -0.39 is 5.82 Å². The van der Waals surface area contributed by atoms with E-state index >= 15 is 0 Å². The van der Waals surface area contributed by atoms with Gasteiger partial charge in [-0.3, -0.25) is 14.3 Å². The molecule has 0 radical (unpaired) electrons. The lowest BCUT2D eigenvalue weighted by Gasteiger charge is -2.14. The SMILES string of the molecule is CN(C)Cc1cccc(CO/N=C(/c2ccc(=O)n(-c3c(Cl)cccc3Cl)c2)c2ccc(F)cc2Cl)n1. The third kappa shape index (κ3) is 6.56. The molecule has 0 saturated carbocycles. The summed E-state index contributed by atoms with van der Waals surface area (Å²) in [4.78, 5) is 25.0. The maximum absolute atomic E-state index is 13.8. The van der Waals surface area contributed by atoms with Gasteiger partial charge < -0.3 is 9.74 Å². The van der Waals surface area contributed by atoms with Crippen molar-refractivity contribution in [3.8, 4) is 5.69 Å². The van der Waals surface area contributed by atoms with Gasteiger partial charge in [-0.25, -0.2) is 4.39 Å². The first-order chi connectivity index (χ1) is 17.7. The molecule has 0 atom stereocenters. The van der Waals surface area contributed by atoms with Crippen LogP contribution < -0.4 is 5.56 Å². The maximum atomic E-state index is 13.8. The Morgan fingerprint density at radius 2 is 1.68 bits per heavy atom. The Labute approximate surface area is 228 Å². The summed E-state index contributed by atoms with van der Waals surface area (Å²) in [7, 11) is 3.92. The Kier molecular flexibility index (Phi) is 8.61. The molecule has 2 aromatic carbocycles. The largest absolute Gasteiger partial charge is 0.389 e. The smallest absolute Gasteiger partial charge is 0.255 e. The zero-order valence-corrected chi connectivity index (χ0v) is 22.2. The van der Waals surface area contributed by atoms with Crippen molar-refractivity contribution in [2.75, 3.05) is 14.1 Å². The number of hydrogen-bond donors (Lipinski definition) is 0. The van der Waals surface area contributed by atoms with Crippen LogP contribution in [0.1, 0.15) is 22.5 Å². The van der Waals surface area contributed by atoms with Gasteiger partial charge >= 0.3 is 0 Å². The van der Waals surface area contributed by atoms with Crippen molar-refractivity contribution < 1.29 is 9.23 Å². The van der Waals surface area contributed by atoms with Gasteiger partial charge in [0.15, 0.2) is 6.61 Å². The fourth-order valence-corrected chi connectivity index (χ4v) is 4.48. The molecule has 0 unspecified atom stereocenters. The highest BCUT2D eigenvalue weighted by Crippen LogP contribution is 2.28. The Bertz CT molecular complexity index is 1500. The Morgan fingerprint density at radius 1 is 0.973 bits per heavy atom. The van der Waals surface area contributed by atoms with Gasteiger partial charge in [0, 0.05) is 29.9 Å². The average Bonchev–Trinajstić information content (AvgIpc) is 2.83. The number of aromatic nitrogens is 2. The van der Waals surface area contributed by atoms with E-state index in [0.717, 1.165) is 5.69 Å². The topological polar surface area (TPSA) is 59.7 Å². The molecule has 10 heteroatoms. The van der Waals surface area contributed by atoms with Gasteiger partial charge in [-0.05, 0) is 62.6 Å². The van der Waals surface area contributed by atoms with Crippen LogP contribution in [0.4, 0.5) is 4.39 Å². The Balaban J connectivity index is 1.75. The first-order valence-electron chi connectivity index (χ1n) is 11.2. The van der Waals surface area contributed by atoms with Crippen molar-refractivity contribution in [2.24, 2.45) is 5.16 Å². The molecule has 0 spiro atoms. The molecule has 37 heavy (non-hydrogen) atoms. The highest BCUT2D eigenvalue weighted by molar-refractivity contribution is 6.38. The minimum Gasteiger partial charge on any atom is -0.389 e. The van der Waals surface area contributed by atoms with Crippen molar-refractivity contribution in [3.05, 3.63) is 127 Å². The normalized spacial score (nSPS) is 11.7. The van der Waals surface area contributed by atoms with Crippen LogP contribution in [0, 0.1) is 5.82 Å². The molecule has 2 heterocycles. The Morgan fingerprint density at radius 3 is 2.38 bits per heavy atom. The van der Waals surface area contributed by atoms with Crippen molar-refractivity contribution >= 4 is 40.5 Å². The minimum absolute atomic E-state index is 0.0829. The highest BCUT2D eigenvalue weighted by atomic mass is 35.5. The molecule has 190 valence electrons. The summed E-state index contributed by atoms with van der Waals surface area (Å²) in [6.45, 7) is 0.763. The standard InChI is InChI=1S/C27H22Cl3FN4O2/c1-34(2)15-19-5-3-6-20(32-19)16-37-33-26(21-11-10-18(31)13-24(21)30)17-9-12-25(36)35(14-17)27-22(28)7-4-8-23(27)29/h3-14H,15-16H2,1-2H3/b33-26-. The van der Waals surface area contributed by atoms with Crippen molar-refractivity contribution in [1.29, 1.82) is 0 Å². The zero-order valence-electron chi connectivity index (χ0n) is 20.0. The molecule has 0 fully saturated rings. The van der Waals surface area contributed by atoms with Gasteiger partial charge in [-0.15, -0.1) is 0 Å². The molecular weight excluding hydrogens is 538 g/mol. The van der Waals surface area contributed by atoms with Gasteiger partial charge in [0.25, 0.3) is 5.56 Å². The van der Waals surface area contributed by atoms with Gasteiger partial charge in [-0.2, -0.15) is 0 Å². The molecule has 0 aliphatic carbocycles. The van der Waals surface area contributed by atoms with Crippen LogP contribution in [-0.2, 0) is 18.0 Å². The first-order valence-corrected chi connectivity index (χ1v) is 12.3. The molecule has 0 amide bonds. The number of para-hydroxylation sites is 1. The zero-order chi connectivity index (χ0) is 26.5. The summed E-state index contributed by atoms with van der Waals surface area (Å²) in [5, 5.41) is 5.05. The minimum atomic E-state index is -0.497. The highest BCUT2D eigenvalue weighted by Gasteiger charge is 2.17. The number of hydrogen-bond acceptors (Lipinski definition) is 5. The number of oxime groups is 1. The van der Waals surface area contributed by atoms with E-state index in [9.17, 15) is 9.18 Å². The first kappa shape index (κ1) is 26.8. The summed E-state index contributed by atoms with van der Waals surface area (Å²) in [5.41, 5.74) is 2.70. The lowest BCUT2D eigenvalue weighted by molar-refractivity contribution is 0.128. The van der Waals surface area contributed by atoms with Crippen LogP contribution in [-0.4, -0.2) is 34.3 Å². The van der Waals surface area contributed by atoms with E-state index in [1.807, 2.05) is 37.2 Å². The molecule has 4 aromatic rings. The second-order valence-electron chi connectivity index (χ2n) is 8.39. The Hall–Kier alpha value is -3.23. The third-order valence-corrected chi connectivity index (χ3v) is 6.18. The van der Waals surface area contributed by atoms with E-state index in [4.69, 9.17) is 39.6 Å². The van der Waals surface area contributed by atoms with E-state index in [0.29, 0.717) is 39.1 Å². The predicted molar refractivity (Wildman–Crippen MR) is 146 cm³/mol. The van der Waals surface area contributed by atoms with Gasteiger partial charge in [-0.1, -0.05) is 52.1 Å². The summed E-state index contributed by atoms with van der Waals surface area (Å²) < 4.78 is 15.1. The van der Waals surface area contributed by atoms with Crippen LogP contribution in [0.2, 0.25) is 15.1 Å². The van der Waals surface area contributed by atoms with Crippen LogP contribution in [0.3, 0.4) is 0 Å². The molecule has 0 saturated heterocycles.